The molecule has 0 spiro atoms. The number of aryl methyl sites for hydroxylation is 1. The number of aromatic nitrogens is 1. The number of nitrogens with zero attached hydrogens (tertiary/aromatic N) is 1. The molecule has 0 fully saturated rings. The Kier molecular flexibility index (Phi) is 4.77. The lowest BCUT2D eigenvalue weighted by Gasteiger charge is -2.01. The van der Waals surface area contributed by atoms with Gasteiger partial charge in [0, 0.05) is 12.8 Å². The van der Waals surface area contributed by atoms with E-state index in [1.165, 1.54) is 7.11 Å². The average Bonchev–Trinajstić information content (AvgIpc) is 2.29. The summed E-state index contributed by atoms with van der Waals surface area (Å²) in [7, 11) is 1.33. The van der Waals surface area contributed by atoms with Crippen LogP contribution in [0.1, 0.15) is 28.9 Å². The first-order valence-corrected chi connectivity index (χ1v) is 4.92. The Bertz CT molecular complexity index is 308. The lowest BCUT2D eigenvalue weighted by Crippen LogP contribution is -2.04. The molecule has 0 aromatic carbocycles. The predicted molar refractivity (Wildman–Crippen MR) is 55.6 cm³/mol. The maximum absolute atomic E-state index is 11.1. The number of carbonyl (C=O) groups excluding carboxylic acids is 1. The molecular formula is C11H15NO3. The van der Waals surface area contributed by atoms with E-state index in [-0.39, 0.29) is 6.61 Å². The van der Waals surface area contributed by atoms with E-state index >= 15 is 0 Å². The van der Waals surface area contributed by atoms with E-state index in [4.69, 9.17) is 5.11 Å². The minimum Gasteiger partial charge on any atom is -0.464 e. The molecule has 0 saturated heterocycles. The monoisotopic (exact) mass is 209 g/mol. The molecule has 4 heteroatoms. The molecule has 4 nitrogen and oxygen atoms in total. The van der Waals surface area contributed by atoms with Crippen LogP contribution in [0, 0.1) is 0 Å². The normalized spacial score (nSPS) is 10.0. The van der Waals surface area contributed by atoms with Crippen molar-refractivity contribution in [3.8, 4) is 0 Å². The van der Waals surface area contributed by atoms with Gasteiger partial charge in [-0.1, -0.05) is 6.07 Å². The van der Waals surface area contributed by atoms with Crippen LogP contribution in [0.3, 0.4) is 0 Å². The maximum Gasteiger partial charge on any atom is 0.356 e. The molecule has 1 N–H and O–H groups in total. The highest BCUT2D eigenvalue weighted by atomic mass is 16.5. The van der Waals surface area contributed by atoms with Crippen LogP contribution in [-0.4, -0.2) is 29.8 Å². The third-order valence-electron chi connectivity index (χ3n) is 2.09. The topological polar surface area (TPSA) is 59.4 Å². The molecule has 0 amide bonds. The van der Waals surface area contributed by atoms with E-state index in [1.807, 2.05) is 6.07 Å². The summed E-state index contributed by atoms with van der Waals surface area (Å²) in [6.07, 6.45) is 4.26. The second-order valence-electron chi connectivity index (χ2n) is 3.22. The van der Waals surface area contributed by atoms with E-state index in [9.17, 15) is 4.79 Å². The van der Waals surface area contributed by atoms with Gasteiger partial charge in [0.05, 0.1) is 7.11 Å². The Morgan fingerprint density at radius 3 is 2.80 bits per heavy atom. The van der Waals surface area contributed by atoms with Gasteiger partial charge in [-0.15, -0.1) is 0 Å². The van der Waals surface area contributed by atoms with Crippen molar-refractivity contribution in [3.05, 3.63) is 29.6 Å². The molecule has 0 radical (unpaired) electrons. The van der Waals surface area contributed by atoms with Crippen LogP contribution in [0.15, 0.2) is 18.3 Å². The summed E-state index contributed by atoms with van der Waals surface area (Å²) in [5.74, 6) is -0.420. The molecule has 0 saturated carbocycles. The van der Waals surface area contributed by atoms with Gasteiger partial charge in [0.1, 0.15) is 5.69 Å². The Labute approximate surface area is 88.9 Å². The fourth-order valence-electron chi connectivity index (χ4n) is 1.24. The number of pyridine rings is 1. The van der Waals surface area contributed by atoms with Crippen LogP contribution < -0.4 is 0 Å². The quantitative estimate of drug-likeness (QED) is 0.584. The van der Waals surface area contributed by atoms with Crippen LogP contribution in [0.4, 0.5) is 0 Å². The first-order chi connectivity index (χ1) is 7.27. The molecule has 0 aliphatic heterocycles. The molecule has 0 unspecified atom stereocenters. The van der Waals surface area contributed by atoms with Crippen molar-refractivity contribution in [2.75, 3.05) is 13.7 Å². The second-order valence-corrected chi connectivity index (χ2v) is 3.22. The van der Waals surface area contributed by atoms with Crippen LogP contribution >= 0.6 is 0 Å². The van der Waals surface area contributed by atoms with Crippen molar-refractivity contribution in [1.29, 1.82) is 0 Å². The van der Waals surface area contributed by atoms with Crippen molar-refractivity contribution in [3.63, 3.8) is 0 Å². The van der Waals surface area contributed by atoms with E-state index in [0.717, 1.165) is 24.8 Å². The number of carbonyl (C=O) groups is 1. The summed E-state index contributed by atoms with van der Waals surface area (Å²) in [6, 6.07) is 3.51. The summed E-state index contributed by atoms with van der Waals surface area (Å²) in [5, 5.41) is 8.62. The van der Waals surface area contributed by atoms with Gasteiger partial charge in [0.25, 0.3) is 0 Å². The van der Waals surface area contributed by atoms with Crippen LogP contribution in [0.5, 0.6) is 0 Å². The third-order valence-corrected chi connectivity index (χ3v) is 2.09. The van der Waals surface area contributed by atoms with Crippen LogP contribution in [0.2, 0.25) is 0 Å². The summed E-state index contributed by atoms with van der Waals surface area (Å²) in [4.78, 5) is 15.1. The van der Waals surface area contributed by atoms with Gasteiger partial charge in [0.2, 0.25) is 0 Å². The number of aliphatic hydroxyl groups is 1. The number of aliphatic hydroxyl groups excluding tert-OH is 1. The summed E-state index contributed by atoms with van der Waals surface area (Å²) in [6.45, 7) is 0.216. The standard InChI is InChI=1S/C11H15NO3/c1-15-11(14)10-6-5-9(8-12-10)4-2-3-7-13/h5-6,8,13H,2-4,7H2,1H3. The van der Waals surface area contributed by atoms with E-state index < -0.39 is 5.97 Å². The highest BCUT2D eigenvalue weighted by molar-refractivity contribution is 5.86. The molecule has 0 atom stereocenters. The largest absolute Gasteiger partial charge is 0.464 e. The molecule has 1 aromatic heterocycles. The highest BCUT2D eigenvalue weighted by Gasteiger charge is 2.05. The predicted octanol–water partition coefficient (Wildman–Crippen LogP) is 1.18. The Balaban J connectivity index is 2.52. The maximum atomic E-state index is 11.1. The Morgan fingerprint density at radius 2 is 2.27 bits per heavy atom. The number of esters is 1. The number of hydrogen-bond donors (Lipinski definition) is 1. The number of methoxy groups -OCH3 is 1. The number of rotatable bonds is 5. The molecule has 0 bridgehead atoms. The highest BCUT2D eigenvalue weighted by Crippen LogP contribution is 2.05. The zero-order valence-corrected chi connectivity index (χ0v) is 8.77. The van der Waals surface area contributed by atoms with E-state index in [1.54, 1.807) is 12.3 Å². The smallest absolute Gasteiger partial charge is 0.356 e. The van der Waals surface area contributed by atoms with Crippen LogP contribution in [-0.2, 0) is 11.2 Å². The summed E-state index contributed by atoms with van der Waals surface area (Å²) < 4.78 is 4.54. The van der Waals surface area contributed by atoms with E-state index in [0.29, 0.717) is 5.69 Å². The summed E-state index contributed by atoms with van der Waals surface area (Å²) in [5.41, 5.74) is 1.39. The number of unbranched alkanes of at least 4 members (excludes halogenated alkanes) is 1. The zero-order valence-electron chi connectivity index (χ0n) is 8.77. The molecule has 82 valence electrons. The minimum atomic E-state index is -0.420. The first kappa shape index (κ1) is 11.7. The molecular weight excluding hydrogens is 194 g/mol. The molecule has 1 heterocycles. The minimum absolute atomic E-state index is 0.216. The van der Waals surface area contributed by atoms with Crippen molar-refractivity contribution in [2.24, 2.45) is 0 Å². The Morgan fingerprint density at radius 1 is 1.47 bits per heavy atom. The SMILES string of the molecule is COC(=O)c1ccc(CCCCO)cn1. The molecule has 0 aliphatic rings. The van der Waals surface area contributed by atoms with Gasteiger partial charge in [0.15, 0.2) is 0 Å². The molecule has 1 rings (SSSR count). The number of ether oxygens (including phenoxy) is 1. The van der Waals surface area contributed by atoms with Gasteiger partial charge in [-0.05, 0) is 30.9 Å². The van der Waals surface area contributed by atoms with Gasteiger partial charge in [-0.3, -0.25) is 0 Å². The zero-order chi connectivity index (χ0) is 11.1. The average molecular weight is 209 g/mol. The first-order valence-electron chi connectivity index (χ1n) is 4.92. The molecule has 0 aliphatic carbocycles. The van der Waals surface area contributed by atoms with Crippen molar-refractivity contribution in [1.82, 2.24) is 4.98 Å². The van der Waals surface area contributed by atoms with Crippen molar-refractivity contribution >= 4 is 5.97 Å². The third kappa shape index (κ3) is 3.67. The second kappa shape index (κ2) is 6.14. The number of hydrogen-bond acceptors (Lipinski definition) is 4. The molecule has 1 aromatic rings. The summed E-state index contributed by atoms with van der Waals surface area (Å²) >= 11 is 0. The van der Waals surface area contributed by atoms with Gasteiger partial charge in [-0.25, -0.2) is 9.78 Å². The lowest BCUT2D eigenvalue weighted by molar-refractivity contribution is 0.0594. The van der Waals surface area contributed by atoms with Crippen molar-refractivity contribution in [2.45, 2.75) is 19.3 Å². The van der Waals surface area contributed by atoms with E-state index in [2.05, 4.69) is 9.72 Å². The molecule has 15 heavy (non-hydrogen) atoms. The fourth-order valence-corrected chi connectivity index (χ4v) is 1.24. The fraction of sp³-hybridized carbons (Fsp3) is 0.455. The van der Waals surface area contributed by atoms with Gasteiger partial charge < -0.3 is 9.84 Å². The van der Waals surface area contributed by atoms with Crippen LogP contribution in [0.25, 0.3) is 0 Å². The Hall–Kier alpha value is -1.42. The lowest BCUT2D eigenvalue weighted by atomic mass is 10.1. The van der Waals surface area contributed by atoms with Crippen molar-refractivity contribution < 1.29 is 14.6 Å². The van der Waals surface area contributed by atoms with Gasteiger partial charge >= 0.3 is 5.97 Å². The van der Waals surface area contributed by atoms with Gasteiger partial charge in [-0.2, -0.15) is 0 Å².